The first kappa shape index (κ1) is 16.2. The summed E-state index contributed by atoms with van der Waals surface area (Å²) in [4.78, 5) is 3.82. The second-order valence-electron chi connectivity index (χ2n) is 5.40. The number of hydrogen-bond donors (Lipinski definition) is 1. The number of sulfonamides is 1. The fourth-order valence-electron chi connectivity index (χ4n) is 2.33. The Hall–Kier alpha value is -0.210. The Morgan fingerprint density at radius 1 is 1.55 bits per heavy atom. The topological polar surface area (TPSA) is 68.3 Å². The van der Waals surface area contributed by atoms with E-state index in [0.717, 1.165) is 0 Å². The minimum absolute atomic E-state index is 0.0230. The second kappa shape index (κ2) is 5.53. The number of nitrogens with one attached hydrogen (secondary N) is 1. The molecular formula is C12H16BrClN2O3S. The van der Waals surface area contributed by atoms with Gasteiger partial charge >= 0.3 is 0 Å². The van der Waals surface area contributed by atoms with E-state index in [2.05, 4.69) is 25.6 Å². The molecule has 1 N–H and O–H groups in total. The van der Waals surface area contributed by atoms with Crippen molar-refractivity contribution in [1.29, 1.82) is 0 Å². The monoisotopic (exact) mass is 382 g/mol. The van der Waals surface area contributed by atoms with Gasteiger partial charge in [0.2, 0.25) is 10.0 Å². The molecule has 1 aromatic heterocycles. The molecule has 2 atom stereocenters. The molecule has 1 heterocycles. The summed E-state index contributed by atoms with van der Waals surface area (Å²) >= 11 is 9.07. The normalized spacial score (nSPS) is 25.2. The SMILES string of the molecule is COC1CC(NS(=O)(=O)c2cc(Br)cnc2Cl)C1(C)C. The van der Waals surface area contributed by atoms with Crippen molar-refractivity contribution in [3.8, 4) is 0 Å². The lowest BCUT2D eigenvalue weighted by Crippen LogP contribution is -2.61. The van der Waals surface area contributed by atoms with Gasteiger partial charge in [-0.05, 0) is 28.4 Å². The number of pyridine rings is 1. The molecule has 0 radical (unpaired) electrons. The second-order valence-corrected chi connectivity index (χ2v) is 8.35. The molecule has 2 rings (SSSR count). The fraction of sp³-hybridized carbons (Fsp3) is 0.583. The number of hydrogen-bond acceptors (Lipinski definition) is 4. The molecule has 20 heavy (non-hydrogen) atoms. The highest BCUT2D eigenvalue weighted by molar-refractivity contribution is 9.10. The summed E-state index contributed by atoms with van der Waals surface area (Å²) in [7, 11) is -2.08. The Morgan fingerprint density at radius 2 is 2.20 bits per heavy atom. The molecule has 1 aliphatic carbocycles. The summed E-state index contributed by atoms with van der Waals surface area (Å²) in [5.41, 5.74) is -0.256. The zero-order chi connectivity index (χ0) is 15.1. The quantitative estimate of drug-likeness (QED) is 0.812. The van der Waals surface area contributed by atoms with E-state index in [-0.39, 0.29) is 27.6 Å². The molecule has 1 fully saturated rings. The molecule has 1 aliphatic rings. The summed E-state index contributed by atoms with van der Waals surface area (Å²) in [6, 6.07) is 1.25. The van der Waals surface area contributed by atoms with Crippen LogP contribution < -0.4 is 4.72 Å². The Bertz CT molecular complexity index is 621. The van der Waals surface area contributed by atoms with Crippen molar-refractivity contribution in [2.24, 2.45) is 5.41 Å². The van der Waals surface area contributed by atoms with Crippen LogP contribution in [0.4, 0.5) is 0 Å². The van der Waals surface area contributed by atoms with Crippen LogP contribution in [0.15, 0.2) is 21.6 Å². The predicted octanol–water partition coefficient (Wildman–Crippen LogP) is 2.59. The van der Waals surface area contributed by atoms with Gasteiger partial charge in [0.1, 0.15) is 10.0 Å². The highest BCUT2D eigenvalue weighted by Gasteiger charge is 2.50. The number of rotatable bonds is 4. The zero-order valence-corrected chi connectivity index (χ0v) is 14.5. The Morgan fingerprint density at radius 3 is 2.75 bits per heavy atom. The van der Waals surface area contributed by atoms with E-state index in [9.17, 15) is 8.42 Å². The molecule has 0 bridgehead atoms. The first-order valence-corrected chi connectivity index (χ1v) is 8.70. The zero-order valence-electron chi connectivity index (χ0n) is 11.4. The highest BCUT2D eigenvalue weighted by Crippen LogP contribution is 2.43. The maximum Gasteiger partial charge on any atom is 0.243 e. The van der Waals surface area contributed by atoms with Gasteiger partial charge in [0.25, 0.3) is 0 Å². The van der Waals surface area contributed by atoms with Crippen LogP contribution in [-0.4, -0.2) is 32.7 Å². The van der Waals surface area contributed by atoms with Crippen molar-refractivity contribution < 1.29 is 13.2 Å². The van der Waals surface area contributed by atoms with Crippen LogP contribution in [0.3, 0.4) is 0 Å². The van der Waals surface area contributed by atoms with Crippen LogP contribution in [0.5, 0.6) is 0 Å². The fourth-order valence-corrected chi connectivity index (χ4v) is 4.68. The maximum absolute atomic E-state index is 12.4. The van der Waals surface area contributed by atoms with E-state index in [1.165, 1.54) is 12.3 Å². The van der Waals surface area contributed by atoms with Crippen LogP contribution in [-0.2, 0) is 14.8 Å². The predicted molar refractivity (Wildman–Crippen MR) is 80.3 cm³/mol. The van der Waals surface area contributed by atoms with Crippen LogP contribution >= 0.6 is 27.5 Å². The molecule has 0 saturated heterocycles. The van der Waals surface area contributed by atoms with E-state index in [1.807, 2.05) is 13.8 Å². The number of ether oxygens (including phenoxy) is 1. The van der Waals surface area contributed by atoms with Crippen molar-refractivity contribution in [2.75, 3.05) is 7.11 Å². The van der Waals surface area contributed by atoms with Gasteiger partial charge < -0.3 is 4.74 Å². The third kappa shape index (κ3) is 2.87. The van der Waals surface area contributed by atoms with Gasteiger partial charge in [-0.1, -0.05) is 25.4 Å². The minimum atomic E-state index is -3.71. The van der Waals surface area contributed by atoms with Crippen LogP contribution in [0.1, 0.15) is 20.3 Å². The number of methoxy groups -OCH3 is 1. The van der Waals surface area contributed by atoms with Gasteiger partial charge in [-0.2, -0.15) is 0 Å². The van der Waals surface area contributed by atoms with Crippen molar-refractivity contribution in [3.63, 3.8) is 0 Å². The molecule has 5 nitrogen and oxygen atoms in total. The third-order valence-corrected chi connectivity index (χ3v) is 6.15. The summed E-state index contributed by atoms with van der Waals surface area (Å²) in [6.45, 7) is 3.94. The first-order chi connectivity index (χ1) is 9.18. The van der Waals surface area contributed by atoms with Gasteiger partial charge in [0.15, 0.2) is 0 Å². The van der Waals surface area contributed by atoms with Crippen molar-refractivity contribution in [1.82, 2.24) is 9.71 Å². The lowest BCUT2D eigenvalue weighted by Gasteiger charge is -2.50. The molecule has 0 amide bonds. The molecule has 2 unspecified atom stereocenters. The first-order valence-electron chi connectivity index (χ1n) is 6.04. The molecule has 1 aromatic rings. The van der Waals surface area contributed by atoms with Crippen molar-refractivity contribution >= 4 is 37.6 Å². The molecule has 0 aliphatic heterocycles. The molecule has 0 spiro atoms. The van der Waals surface area contributed by atoms with E-state index in [4.69, 9.17) is 16.3 Å². The standard InChI is InChI=1S/C12H16BrClN2O3S/c1-12(2)9(5-10(12)19-3)16-20(17,18)8-4-7(13)6-15-11(8)14/h4,6,9-10,16H,5H2,1-3H3. The molecule has 8 heteroatoms. The number of nitrogens with zero attached hydrogens (tertiary/aromatic N) is 1. The van der Waals surface area contributed by atoms with Gasteiger partial charge in [-0.15, -0.1) is 0 Å². The summed E-state index contributed by atoms with van der Waals surface area (Å²) in [5.74, 6) is 0. The summed E-state index contributed by atoms with van der Waals surface area (Å²) < 4.78 is 33.3. The number of halogens is 2. The van der Waals surface area contributed by atoms with Gasteiger partial charge in [-0.25, -0.2) is 18.1 Å². The minimum Gasteiger partial charge on any atom is -0.381 e. The maximum atomic E-state index is 12.4. The summed E-state index contributed by atoms with van der Waals surface area (Å²) in [6.07, 6.45) is 2.14. The van der Waals surface area contributed by atoms with Gasteiger partial charge in [-0.3, -0.25) is 0 Å². The van der Waals surface area contributed by atoms with E-state index in [1.54, 1.807) is 7.11 Å². The highest BCUT2D eigenvalue weighted by atomic mass is 79.9. The van der Waals surface area contributed by atoms with Crippen LogP contribution in [0.2, 0.25) is 5.15 Å². The van der Waals surface area contributed by atoms with Gasteiger partial charge in [0, 0.05) is 29.2 Å². The van der Waals surface area contributed by atoms with E-state index < -0.39 is 10.0 Å². The van der Waals surface area contributed by atoms with Crippen molar-refractivity contribution in [3.05, 3.63) is 21.9 Å². The Labute approximate surface area is 132 Å². The largest absolute Gasteiger partial charge is 0.381 e. The Balaban J connectivity index is 2.23. The average Bonchev–Trinajstić information content (AvgIpc) is 2.36. The van der Waals surface area contributed by atoms with E-state index >= 15 is 0 Å². The lowest BCUT2D eigenvalue weighted by atomic mass is 9.65. The number of aromatic nitrogens is 1. The molecule has 112 valence electrons. The average molecular weight is 384 g/mol. The smallest absolute Gasteiger partial charge is 0.243 e. The van der Waals surface area contributed by atoms with Crippen LogP contribution in [0, 0.1) is 5.41 Å². The Kier molecular flexibility index (Phi) is 4.47. The van der Waals surface area contributed by atoms with Crippen molar-refractivity contribution in [2.45, 2.75) is 37.3 Å². The molecule has 1 saturated carbocycles. The lowest BCUT2D eigenvalue weighted by molar-refractivity contribution is -0.0908. The van der Waals surface area contributed by atoms with E-state index in [0.29, 0.717) is 10.9 Å². The molecular weight excluding hydrogens is 368 g/mol. The summed E-state index contributed by atoms with van der Waals surface area (Å²) in [5, 5.41) is -0.0406. The van der Waals surface area contributed by atoms with Crippen LogP contribution in [0.25, 0.3) is 0 Å². The van der Waals surface area contributed by atoms with Gasteiger partial charge in [0.05, 0.1) is 6.10 Å². The third-order valence-electron chi connectivity index (χ3n) is 3.82. The molecule has 0 aromatic carbocycles.